The summed E-state index contributed by atoms with van der Waals surface area (Å²) in [6.45, 7) is 4.74. The van der Waals surface area contributed by atoms with Gasteiger partial charge >= 0.3 is 6.61 Å². The van der Waals surface area contributed by atoms with Crippen LogP contribution in [0.3, 0.4) is 0 Å². The van der Waals surface area contributed by atoms with Gasteiger partial charge in [-0.05, 0) is 44.4 Å². The summed E-state index contributed by atoms with van der Waals surface area (Å²) in [5.74, 6) is -6.23. The van der Waals surface area contributed by atoms with E-state index in [0.29, 0.717) is 11.3 Å². The minimum absolute atomic E-state index is 0.108. The van der Waals surface area contributed by atoms with Crippen LogP contribution in [0.1, 0.15) is 55.2 Å². The number of hydrogen-bond donors (Lipinski definition) is 1. The van der Waals surface area contributed by atoms with Crippen molar-refractivity contribution >= 4 is 17.4 Å². The summed E-state index contributed by atoms with van der Waals surface area (Å²) in [5.41, 5.74) is 0.0151. The van der Waals surface area contributed by atoms with E-state index in [0.717, 1.165) is 12.1 Å². The van der Waals surface area contributed by atoms with Crippen LogP contribution in [0.5, 0.6) is 5.75 Å². The van der Waals surface area contributed by atoms with Gasteiger partial charge in [-0.1, -0.05) is 13.0 Å². The number of carbonyl (C=O) groups excluding carboxylic acids is 2. The second-order valence-corrected chi connectivity index (χ2v) is 8.54. The molecule has 6 nitrogen and oxygen atoms in total. The summed E-state index contributed by atoms with van der Waals surface area (Å²) < 4.78 is 64.5. The maximum absolute atomic E-state index is 14.4. The number of nitrogens with zero attached hydrogens (tertiary/aromatic N) is 1. The Kier molecular flexibility index (Phi) is 6.78. The highest BCUT2D eigenvalue weighted by Gasteiger charge is 2.52. The van der Waals surface area contributed by atoms with Gasteiger partial charge in [0.1, 0.15) is 11.8 Å². The largest absolute Gasteiger partial charge is 0.431 e. The van der Waals surface area contributed by atoms with Crippen molar-refractivity contribution in [2.24, 2.45) is 5.92 Å². The number of benzene rings is 1. The van der Waals surface area contributed by atoms with Crippen LogP contribution >= 0.6 is 0 Å². The summed E-state index contributed by atoms with van der Waals surface area (Å²) >= 11 is 0. The van der Waals surface area contributed by atoms with Gasteiger partial charge < -0.3 is 14.8 Å². The zero-order valence-corrected chi connectivity index (χ0v) is 18.7. The maximum atomic E-state index is 14.4. The molecule has 0 bridgehead atoms. The molecule has 2 aromatic rings. The fourth-order valence-electron chi connectivity index (χ4n) is 3.92. The molecule has 1 N–H and O–H groups in total. The molecule has 0 radical (unpaired) electrons. The van der Waals surface area contributed by atoms with E-state index in [2.05, 4.69) is 15.0 Å². The number of aryl methyl sites for hydroxylation is 1. The van der Waals surface area contributed by atoms with E-state index in [9.17, 15) is 27.2 Å². The van der Waals surface area contributed by atoms with E-state index >= 15 is 0 Å². The van der Waals surface area contributed by atoms with Crippen molar-refractivity contribution < 1.29 is 36.6 Å². The number of anilines is 1. The summed E-state index contributed by atoms with van der Waals surface area (Å²) in [6, 6.07) is 3.33. The first kappa shape index (κ1) is 24.6. The molecule has 0 aliphatic carbocycles. The van der Waals surface area contributed by atoms with Crippen LogP contribution in [-0.2, 0) is 9.53 Å². The van der Waals surface area contributed by atoms with Crippen molar-refractivity contribution in [3.63, 3.8) is 0 Å². The molecule has 2 heterocycles. The minimum Gasteiger partial charge on any atom is -0.431 e. The highest BCUT2D eigenvalue weighted by Crippen LogP contribution is 2.49. The molecule has 0 spiro atoms. The number of hydrogen-bond acceptors (Lipinski definition) is 5. The Morgan fingerprint density at radius 1 is 1.24 bits per heavy atom. The summed E-state index contributed by atoms with van der Waals surface area (Å²) in [5, 5.41) is 2.68. The lowest BCUT2D eigenvalue weighted by molar-refractivity contribution is -0.131. The Morgan fingerprint density at radius 3 is 2.52 bits per heavy atom. The van der Waals surface area contributed by atoms with Crippen LogP contribution in [0.2, 0.25) is 0 Å². The van der Waals surface area contributed by atoms with Crippen molar-refractivity contribution in [2.75, 3.05) is 5.32 Å². The van der Waals surface area contributed by atoms with Gasteiger partial charge in [-0.3, -0.25) is 14.6 Å². The number of halogens is 4. The third-order valence-electron chi connectivity index (χ3n) is 6.02. The standard InChI is InChI=1S/C23H24F4N2O4/c1-10-9-28-16(12(3)30)8-15(10)29-21(31)20-17(11(2)23(4,5)33-20)13-6-7-14(24)18(25)19(13)32-22(26)27/h6-9,11,17,20,22H,1-5H3,(H,28,29,31)/t11-,17-,20+/m0/s1. The molecule has 1 aliphatic heterocycles. The van der Waals surface area contributed by atoms with Gasteiger partial charge in [0.05, 0.1) is 5.60 Å². The second-order valence-electron chi connectivity index (χ2n) is 8.54. The number of ketones is 1. The second kappa shape index (κ2) is 9.09. The molecule has 1 aromatic carbocycles. The Hall–Kier alpha value is -3.01. The number of carbonyl (C=O) groups is 2. The molecule has 1 amide bonds. The highest BCUT2D eigenvalue weighted by atomic mass is 19.3. The molecule has 3 rings (SSSR count). The Bertz CT molecular complexity index is 1090. The number of nitrogens with one attached hydrogen (secondary N) is 1. The van der Waals surface area contributed by atoms with E-state index in [-0.39, 0.29) is 17.0 Å². The third-order valence-corrected chi connectivity index (χ3v) is 6.02. The van der Waals surface area contributed by atoms with E-state index in [1.165, 1.54) is 19.2 Å². The number of ether oxygens (including phenoxy) is 2. The first-order valence-electron chi connectivity index (χ1n) is 10.2. The zero-order valence-electron chi connectivity index (χ0n) is 18.7. The van der Waals surface area contributed by atoms with Gasteiger partial charge in [-0.2, -0.15) is 13.2 Å². The smallest absolute Gasteiger partial charge is 0.387 e. The van der Waals surface area contributed by atoms with Crippen molar-refractivity contribution in [2.45, 2.75) is 58.9 Å². The molecule has 1 fully saturated rings. The van der Waals surface area contributed by atoms with Gasteiger partial charge in [0.2, 0.25) is 5.82 Å². The number of Topliss-reactive ketones (excluding diaryl/α,β-unsaturated/α-hetero) is 1. The molecule has 1 aliphatic rings. The predicted molar refractivity (Wildman–Crippen MR) is 111 cm³/mol. The monoisotopic (exact) mass is 468 g/mol. The van der Waals surface area contributed by atoms with Crippen LogP contribution in [0.15, 0.2) is 24.4 Å². The van der Waals surface area contributed by atoms with E-state index in [1.54, 1.807) is 27.7 Å². The lowest BCUT2D eigenvalue weighted by atomic mass is 9.78. The van der Waals surface area contributed by atoms with Crippen LogP contribution in [-0.4, -0.2) is 35.0 Å². The molecular formula is C23H24F4N2O4. The Morgan fingerprint density at radius 2 is 1.91 bits per heavy atom. The molecule has 10 heteroatoms. The van der Waals surface area contributed by atoms with Crippen LogP contribution in [0.4, 0.5) is 23.2 Å². The molecule has 0 unspecified atom stereocenters. The molecule has 0 saturated carbocycles. The number of amides is 1. The first-order valence-corrected chi connectivity index (χ1v) is 10.2. The lowest BCUT2D eigenvalue weighted by Gasteiger charge is -2.26. The minimum atomic E-state index is -3.40. The quantitative estimate of drug-likeness (QED) is 0.477. The van der Waals surface area contributed by atoms with Crippen molar-refractivity contribution in [1.82, 2.24) is 4.98 Å². The predicted octanol–water partition coefficient (Wildman–Crippen LogP) is 5.01. The number of pyridine rings is 1. The average Bonchev–Trinajstić information content (AvgIpc) is 2.96. The molecule has 1 saturated heterocycles. The van der Waals surface area contributed by atoms with Crippen molar-refractivity contribution in [3.8, 4) is 5.75 Å². The topological polar surface area (TPSA) is 77.5 Å². The normalized spacial score (nSPS) is 21.8. The average molecular weight is 468 g/mol. The summed E-state index contributed by atoms with van der Waals surface area (Å²) in [6.07, 6.45) is 0.184. The Balaban J connectivity index is 2.04. The first-order chi connectivity index (χ1) is 15.3. The number of aromatic nitrogens is 1. The van der Waals surface area contributed by atoms with Crippen LogP contribution in [0.25, 0.3) is 0 Å². The van der Waals surface area contributed by atoms with Crippen LogP contribution in [0, 0.1) is 24.5 Å². The molecular weight excluding hydrogens is 444 g/mol. The van der Waals surface area contributed by atoms with E-state index in [4.69, 9.17) is 4.74 Å². The lowest BCUT2D eigenvalue weighted by Crippen LogP contribution is -2.33. The fraction of sp³-hybridized carbons (Fsp3) is 0.435. The zero-order chi connectivity index (χ0) is 24.7. The third kappa shape index (κ3) is 4.85. The molecule has 3 atom stereocenters. The number of alkyl halides is 2. The van der Waals surface area contributed by atoms with Gasteiger partial charge in [0.15, 0.2) is 17.3 Å². The SMILES string of the molecule is CC(=O)c1cc(NC(=O)[C@@H]2OC(C)(C)[C@@H](C)[C@H]2c2ccc(F)c(F)c2OC(F)F)c(C)cn1. The van der Waals surface area contributed by atoms with Crippen molar-refractivity contribution in [1.29, 1.82) is 0 Å². The van der Waals surface area contributed by atoms with Gasteiger partial charge in [0.25, 0.3) is 5.91 Å². The van der Waals surface area contributed by atoms with E-state index < -0.39 is 53.4 Å². The molecule has 178 valence electrons. The Labute approximate surface area is 188 Å². The maximum Gasteiger partial charge on any atom is 0.387 e. The van der Waals surface area contributed by atoms with Gasteiger partial charge in [0, 0.05) is 30.3 Å². The van der Waals surface area contributed by atoms with Gasteiger partial charge in [-0.25, -0.2) is 4.39 Å². The summed E-state index contributed by atoms with van der Waals surface area (Å²) in [4.78, 5) is 28.9. The highest BCUT2D eigenvalue weighted by molar-refractivity contribution is 5.98. The van der Waals surface area contributed by atoms with Crippen LogP contribution < -0.4 is 10.1 Å². The summed E-state index contributed by atoms with van der Waals surface area (Å²) in [7, 11) is 0. The fourth-order valence-corrected chi connectivity index (χ4v) is 3.92. The van der Waals surface area contributed by atoms with Crippen molar-refractivity contribution in [3.05, 3.63) is 52.9 Å². The van der Waals surface area contributed by atoms with Gasteiger partial charge in [-0.15, -0.1) is 0 Å². The molecule has 33 heavy (non-hydrogen) atoms. The van der Waals surface area contributed by atoms with E-state index in [1.807, 2.05) is 0 Å². The molecule has 1 aromatic heterocycles. The number of rotatable bonds is 6.